The molecule has 11 nitrogen and oxygen atoms in total. The number of pyridine rings is 1. The highest BCUT2D eigenvalue weighted by atomic mass is 19.1. The lowest BCUT2D eigenvalue weighted by atomic mass is 10.0. The second kappa shape index (κ2) is 13.2. The van der Waals surface area contributed by atoms with Crippen molar-refractivity contribution in [3.8, 4) is 0 Å². The Morgan fingerprint density at radius 3 is 2.55 bits per heavy atom. The van der Waals surface area contributed by atoms with Crippen LogP contribution in [-0.4, -0.2) is 53.3 Å². The van der Waals surface area contributed by atoms with Crippen molar-refractivity contribution in [2.24, 2.45) is 5.16 Å². The van der Waals surface area contributed by atoms with Gasteiger partial charge in [-0.25, -0.2) is 14.4 Å². The Labute approximate surface area is 218 Å². The van der Waals surface area contributed by atoms with Gasteiger partial charge >= 0.3 is 0 Å². The van der Waals surface area contributed by atoms with Gasteiger partial charge < -0.3 is 24.8 Å². The van der Waals surface area contributed by atoms with E-state index in [1.54, 1.807) is 45.5 Å². The van der Waals surface area contributed by atoms with Crippen molar-refractivity contribution in [1.82, 2.24) is 25.2 Å². The Hall–Kier alpha value is -4.45. The van der Waals surface area contributed by atoms with Crippen LogP contribution in [0.1, 0.15) is 45.7 Å². The van der Waals surface area contributed by atoms with E-state index in [1.165, 1.54) is 35.9 Å². The SMILES string of the molecule is CNC(=O)Cn1cc(C2CC(c3cc(C(=O)NCc4ccc(F)cc4)nc(C)n3)=NO2)ccc1=O.COC. The number of aromatic nitrogens is 3. The van der Waals surface area contributed by atoms with Crippen molar-refractivity contribution in [1.29, 1.82) is 0 Å². The van der Waals surface area contributed by atoms with Gasteiger partial charge in [-0.15, -0.1) is 0 Å². The molecule has 2 aromatic heterocycles. The van der Waals surface area contributed by atoms with Gasteiger partial charge in [-0.3, -0.25) is 14.4 Å². The van der Waals surface area contributed by atoms with Gasteiger partial charge in [0, 0.05) is 52.1 Å². The van der Waals surface area contributed by atoms with Gasteiger partial charge in [0.2, 0.25) is 5.91 Å². The first kappa shape index (κ1) is 28.1. The first-order chi connectivity index (χ1) is 18.2. The monoisotopic (exact) mass is 524 g/mol. The standard InChI is InChI=1S/C24H23FN6O4.C2H6O/c1-14-28-18(9-20(29-14)24(34)27-11-15-3-6-17(25)7-4-15)19-10-21(35-30-19)16-5-8-23(33)31(12-16)13-22(32)26-2;1-3-2/h3-9,12,21H,10-11,13H2,1-2H3,(H,26,32)(H,27,34);1-2H3. The average Bonchev–Trinajstić information content (AvgIpc) is 3.40. The van der Waals surface area contributed by atoms with Crippen molar-refractivity contribution < 1.29 is 23.6 Å². The van der Waals surface area contributed by atoms with Crippen molar-refractivity contribution in [2.45, 2.75) is 32.5 Å². The van der Waals surface area contributed by atoms with E-state index < -0.39 is 12.0 Å². The minimum atomic E-state index is -0.479. The summed E-state index contributed by atoms with van der Waals surface area (Å²) in [5, 5.41) is 9.37. The van der Waals surface area contributed by atoms with E-state index in [2.05, 4.69) is 30.5 Å². The molecule has 2 amide bonds. The lowest BCUT2D eigenvalue weighted by Gasteiger charge is -2.11. The van der Waals surface area contributed by atoms with Crippen molar-refractivity contribution in [2.75, 3.05) is 21.3 Å². The zero-order chi connectivity index (χ0) is 27.7. The van der Waals surface area contributed by atoms with Crippen LogP contribution in [0.25, 0.3) is 0 Å². The summed E-state index contributed by atoms with van der Waals surface area (Å²) in [5.74, 6) is -0.660. The molecule has 1 aliphatic rings. The quantitative estimate of drug-likeness (QED) is 0.482. The molecule has 0 saturated heterocycles. The summed E-state index contributed by atoms with van der Waals surface area (Å²) in [6.45, 7) is 1.78. The summed E-state index contributed by atoms with van der Waals surface area (Å²) in [5.41, 5.74) is 2.26. The Bertz CT molecular complexity index is 1370. The molecule has 0 aliphatic carbocycles. The third-order valence-electron chi connectivity index (χ3n) is 5.37. The van der Waals surface area contributed by atoms with Gasteiger partial charge in [0.1, 0.15) is 29.6 Å². The van der Waals surface area contributed by atoms with Gasteiger partial charge in [0.05, 0.1) is 5.69 Å². The van der Waals surface area contributed by atoms with E-state index in [0.717, 1.165) is 5.56 Å². The minimum Gasteiger partial charge on any atom is -0.388 e. The maximum atomic E-state index is 13.1. The van der Waals surface area contributed by atoms with Crippen molar-refractivity contribution in [3.05, 3.63) is 93.2 Å². The van der Waals surface area contributed by atoms with Crippen LogP contribution >= 0.6 is 0 Å². The molecule has 3 heterocycles. The molecular weight excluding hydrogens is 495 g/mol. The number of likely N-dealkylation sites (N-methyl/N-ethyl adjacent to an activating group) is 1. The number of hydrogen-bond donors (Lipinski definition) is 2. The molecule has 0 bridgehead atoms. The Balaban J connectivity index is 0.00000127. The van der Waals surface area contributed by atoms with Crippen LogP contribution in [0.2, 0.25) is 0 Å². The normalized spacial score (nSPS) is 14.0. The Kier molecular flexibility index (Phi) is 9.77. The summed E-state index contributed by atoms with van der Waals surface area (Å²) in [4.78, 5) is 50.6. The van der Waals surface area contributed by atoms with Gasteiger partial charge in [-0.2, -0.15) is 0 Å². The largest absolute Gasteiger partial charge is 0.388 e. The number of methoxy groups -OCH3 is 1. The predicted molar refractivity (Wildman–Crippen MR) is 137 cm³/mol. The molecule has 0 saturated carbocycles. The van der Waals surface area contributed by atoms with E-state index in [-0.39, 0.29) is 36.1 Å². The number of nitrogens with one attached hydrogen (secondary N) is 2. The fourth-order valence-electron chi connectivity index (χ4n) is 3.51. The Morgan fingerprint density at radius 1 is 1.16 bits per heavy atom. The van der Waals surface area contributed by atoms with E-state index >= 15 is 0 Å². The molecule has 2 N–H and O–H groups in total. The molecule has 1 aliphatic heterocycles. The number of amides is 2. The minimum absolute atomic E-state index is 0.106. The summed E-state index contributed by atoms with van der Waals surface area (Å²) in [7, 11) is 4.75. The van der Waals surface area contributed by atoms with E-state index in [9.17, 15) is 18.8 Å². The molecule has 3 aromatic rings. The average molecular weight is 525 g/mol. The van der Waals surface area contributed by atoms with Crippen LogP contribution in [-0.2, 0) is 27.5 Å². The number of rotatable bonds is 7. The highest BCUT2D eigenvalue weighted by Gasteiger charge is 2.26. The van der Waals surface area contributed by atoms with Gasteiger partial charge in [0.25, 0.3) is 11.5 Å². The molecule has 38 heavy (non-hydrogen) atoms. The molecule has 1 unspecified atom stereocenters. The molecule has 0 fully saturated rings. The molecule has 1 aromatic carbocycles. The van der Waals surface area contributed by atoms with Crippen LogP contribution in [0, 0.1) is 12.7 Å². The fourth-order valence-corrected chi connectivity index (χ4v) is 3.51. The molecule has 200 valence electrons. The van der Waals surface area contributed by atoms with E-state index in [1.807, 2.05) is 0 Å². The summed E-state index contributed by atoms with van der Waals surface area (Å²) in [6.07, 6.45) is 1.44. The van der Waals surface area contributed by atoms with Crippen LogP contribution in [0.15, 0.2) is 58.6 Å². The summed E-state index contributed by atoms with van der Waals surface area (Å²) >= 11 is 0. The van der Waals surface area contributed by atoms with Crippen LogP contribution in [0.5, 0.6) is 0 Å². The predicted octanol–water partition coefficient (Wildman–Crippen LogP) is 1.89. The molecular formula is C26H29FN6O5. The highest BCUT2D eigenvalue weighted by molar-refractivity contribution is 6.02. The van der Waals surface area contributed by atoms with E-state index in [4.69, 9.17) is 4.84 Å². The number of benzene rings is 1. The second-order valence-corrected chi connectivity index (χ2v) is 8.34. The van der Waals surface area contributed by atoms with Gasteiger partial charge in [0.15, 0.2) is 6.10 Å². The molecule has 12 heteroatoms. The smallest absolute Gasteiger partial charge is 0.270 e. The summed E-state index contributed by atoms with van der Waals surface area (Å²) < 4.78 is 18.6. The topological polar surface area (TPSA) is 137 Å². The number of hydrogen-bond acceptors (Lipinski definition) is 8. The first-order valence-electron chi connectivity index (χ1n) is 11.7. The van der Waals surface area contributed by atoms with Crippen LogP contribution in [0.4, 0.5) is 4.39 Å². The number of oxime groups is 1. The number of carbonyl (C=O) groups excluding carboxylic acids is 2. The molecule has 4 rings (SSSR count). The third-order valence-corrected chi connectivity index (χ3v) is 5.37. The van der Waals surface area contributed by atoms with Crippen LogP contribution < -0.4 is 16.2 Å². The number of nitrogens with zero attached hydrogens (tertiary/aromatic N) is 4. The highest BCUT2D eigenvalue weighted by Crippen LogP contribution is 2.28. The van der Waals surface area contributed by atoms with Crippen molar-refractivity contribution in [3.63, 3.8) is 0 Å². The number of aryl methyl sites for hydroxylation is 1. The second-order valence-electron chi connectivity index (χ2n) is 8.34. The van der Waals surface area contributed by atoms with E-state index in [0.29, 0.717) is 29.2 Å². The maximum absolute atomic E-state index is 13.1. The fraction of sp³-hybridized carbons (Fsp3) is 0.308. The third kappa shape index (κ3) is 7.53. The number of ether oxygens (including phenoxy) is 1. The zero-order valence-corrected chi connectivity index (χ0v) is 21.5. The van der Waals surface area contributed by atoms with Crippen LogP contribution in [0.3, 0.4) is 0 Å². The Morgan fingerprint density at radius 2 is 1.87 bits per heavy atom. The molecule has 0 spiro atoms. The first-order valence-corrected chi connectivity index (χ1v) is 11.7. The maximum Gasteiger partial charge on any atom is 0.270 e. The van der Waals surface area contributed by atoms with Gasteiger partial charge in [-0.1, -0.05) is 17.3 Å². The zero-order valence-electron chi connectivity index (χ0n) is 21.5. The number of halogens is 1. The lowest BCUT2D eigenvalue weighted by Crippen LogP contribution is -2.30. The molecule has 1 atom stereocenters. The lowest BCUT2D eigenvalue weighted by molar-refractivity contribution is -0.121. The van der Waals surface area contributed by atoms with Crippen molar-refractivity contribution >= 4 is 17.5 Å². The summed E-state index contributed by atoms with van der Waals surface area (Å²) in [6, 6.07) is 10.4. The molecule has 0 radical (unpaired) electrons. The van der Waals surface area contributed by atoms with Gasteiger partial charge in [-0.05, 0) is 36.8 Å². The number of carbonyl (C=O) groups is 2.